The van der Waals surface area contributed by atoms with Gasteiger partial charge in [0.2, 0.25) is 0 Å². The summed E-state index contributed by atoms with van der Waals surface area (Å²) in [6.45, 7) is 4.66. The van der Waals surface area contributed by atoms with Gasteiger partial charge in [-0.05, 0) is 29.7 Å². The number of anilines is 1. The topological polar surface area (TPSA) is 17.4 Å². The minimum atomic E-state index is 0.0301. The van der Waals surface area contributed by atoms with Gasteiger partial charge in [0.15, 0.2) is 0 Å². The lowest BCUT2D eigenvalue weighted by Gasteiger charge is -2.26. The van der Waals surface area contributed by atoms with Crippen molar-refractivity contribution in [1.82, 2.24) is 4.57 Å². The summed E-state index contributed by atoms with van der Waals surface area (Å²) in [5.74, 6) is 0. The number of nitrogens with zero attached hydrogens (tertiary/aromatic N) is 2. The highest BCUT2D eigenvalue weighted by atomic mass is 16.7. The molecule has 0 amide bonds. The number of hydrogen-bond acceptors (Lipinski definition) is 2. The summed E-state index contributed by atoms with van der Waals surface area (Å²) in [6.07, 6.45) is 5.60. The molecule has 3 aromatic carbocycles. The summed E-state index contributed by atoms with van der Waals surface area (Å²) in [7, 11) is 2.16. The quantitative estimate of drug-likeness (QED) is 0.408. The van der Waals surface area contributed by atoms with Gasteiger partial charge < -0.3 is 4.57 Å². The van der Waals surface area contributed by atoms with E-state index in [1.54, 1.807) is 0 Å². The highest BCUT2D eigenvalue weighted by Crippen LogP contribution is 2.48. The first-order chi connectivity index (χ1) is 14.6. The Morgan fingerprint density at radius 2 is 1.70 bits per heavy atom. The van der Waals surface area contributed by atoms with Crippen molar-refractivity contribution >= 4 is 33.6 Å². The monoisotopic (exact) mass is 394 g/mol. The number of fused-ring (bicyclic) bond motifs is 6. The summed E-state index contributed by atoms with van der Waals surface area (Å²) in [5, 5.41) is 4.76. The van der Waals surface area contributed by atoms with Crippen LogP contribution in [-0.4, -0.2) is 16.7 Å². The lowest BCUT2D eigenvalue weighted by Crippen LogP contribution is -2.36. The predicted molar refractivity (Wildman–Crippen MR) is 125 cm³/mol. The number of benzene rings is 3. The van der Waals surface area contributed by atoms with Crippen LogP contribution in [0.5, 0.6) is 0 Å². The van der Waals surface area contributed by atoms with E-state index in [0.29, 0.717) is 6.04 Å². The van der Waals surface area contributed by atoms with E-state index in [2.05, 4.69) is 109 Å². The van der Waals surface area contributed by atoms with Crippen molar-refractivity contribution in [2.45, 2.75) is 32.4 Å². The van der Waals surface area contributed by atoms with Gasteiger partial charge in [0.05, 0.1) is 17.2 Å². The minimum absolute atomic E-state index is 0.0301. The summed E-state index contributed by atoms with van der Waals surface area (Å²) >= 11 is 0. The highest BCUT2D eigenvalue weighted by molar-refractivity contribution is 6.10. The van der Waals surface area contributed by atoms with Gasteiger partial charge in [-0.3, -0.25) is 4.84 Å². The average molecular weight is 395 g/mol. The summed E-state index contributed by atoms with van der Waals surface area (Å²) in [4.78, 5) is 6.49. The predicted octanol–water partition coefficient (Wildman–Crippen LogP) is 6.12. The molecular weight excluding hydrogens is 368 g/mol. The van der Waals surface area contributed by atoms with Crippen molar-refractivity contribution < 1.29 is 4.84 Å². The number of para-hydroxylation sites is 3. The fraction of sp³-hybridized carbons (Fsp3) is 0.259. The first kappa shape index (κ1) is 17.8. The minimum Gasteiger partial charge on any atom is -0.343 e. The fourth-order valence-corrected chi connectivity index (χ4v) is 5.38. The molecule has 150 valence electrons. The SMILES string of the molecule is Cn1c2ccccc2c2cccc(C=CC3ON4c5ccccc5CC4C3(C)C)c21. The lowest BCUT2D eigenvalue weighted by atomic mass is 9.78. The maximum atomic E-state index is 6.49. The molecule has 3 heterocycles. The average Bonchev–Trinajstić information content (AvgIpc) is 3.36. The van der Waals surface area contributed by atoms with E-state index in [-0.39, 0.29) is 11.5 Å². The zero-order valence-electron chi connectivity index (χ0n) is 17.7. The number of aromatic nitrogens is 1. The lowest BCUT2D eigenvalue weighted by molar-refractivity contribution is 0.0849. The van der Waals surface area contributed by atoms with Crippen LogP contribution in [0, 0.1) is 5.41 Å². The molecule has 1 fully saturated rings. The summed E-state index contributed by atoms with van der Waals surface area (Å²) < 4.78 is 2.31. The Balaban J connectivity index is 1.39. The van der Waals surface area contributed by atoms with E-state index in [9.17, 15) is 0 Å². The molecule has 3 nitrogen and oxygen atoms in total. The molecule has 6 rings (SSSR count). The van der Waals surface area contributed by atoms with Crippen LogP contribution >= 0.6 is 0 Å². The Bertz CT molecular complexity index is 1310. The molecule has 2 aliphatic heterocycles. The van der Waals surface area contributed by atoms with Gasteiger partial charge in [0, 0.05) is 28.8 Å². The molecule has 0 N–H and O–H groups in total. The number of hydroxylamine groups is 1. The zero-order chi connectivity index (χ0) is 20.5. The summed E-state index contributed by atoms with van der Waals surface area (Å²) in [5.41, 5.74) is 6.42. The Hall–Kier alpha value is -3.04. The molecule has 0 spiro atoms. The number of aryl methyl sites for hydroxylation is 1. The Kier molecular flexibility index (Phi) is 3.69. The second-order valence-electron chi connectivity index (χ2n) is 9.20. The molecule has 2 atom stereocenters. The van der Waals surface area contributed by atoms with Crippen molar-refractivity contribution in [1.29, 1.82) is 0 Å². The number of hydrogen-bond donors (Lipinski definition) is 0. The molecule has 0 aliphatic carbocycles. The molecule has 2 unspecified atom stereocenters. The molecular formula is C27H26N2O. The molecule has 4 aromatic rings. The van der Waals surface area contributed by atoms with Gasteiger partial charge in [-0.15, -0.1) is 0 Å². The molecule has 3 heteroatoms. The van der Waals surface area contributed by atoms with E-state index >= 15 is 0 Å². The first-order valence-electron chi connectivity index (χ1n) is 10.7. The van der Waals surface area contributed by atoms with Gasteiger partial charge in [0.1, 0.15) is 6.10 Å². The van der Waals surface area contributed by atoms with E-state index in [1.165, 1.54) is 38.6 Å². The van der Waals surface area contributed by atoms with Crippen molar-refractivity contribution in [3.05, 3.63) is 83.9 Å². The third-order valence-corrected chi connectivity index (χ3v) is 7.15. The van der Waals surface area contributed by atoms with Crippen LogP contribution < -0.4 is 5.06 Å². The Morgan fingerprint density at radius 3 is 2.60 bits per heavy atom. The van der Waals surface area contributed by atoms with Gasteiger partial charge in [-0.2, -0.15) is 0 Å². The van der Waals surface area contributed by atoms with Gasteiger partial charge in [0.25, 0.3) is 0 Å². The van der Waals surface area contributed by atoms with Crippen LogP contribution in [0.25, 0.3) is 27.9 Å². The van der Waals surface area contributed by atoms with Gasteiger partial charge in [-0.1, -0.05) is 80.6 Å². The van der Waals surface area contributed by atoms with E-state index in [4.69, 9.17) is 4.84 Å². The van der Waals surface area contributed by atoms with Crippen LogP contribution in [0.1, 0.15) is 25.0 Å². The van der Waals surface area contributed by atoms with E-state index in [0.717, 1.165) is 6.42 Å². The molecule has 0 radical (unpaired) electrons. The standard InChI is InChI=1S/C27H26N2O/c1-27(2)24-17-19-9-4-6-13-22(19)29(24)30-25(27)16-15-18-10-8-12-21-20-11-5-7-14-23(20)28(3)26(18)21/h4-16,24-25H,17H2,1-3H3. The second-order valence-corrected chi connectivity index (χ2v) is 9.20. The van der Waals surface area contributed by atoms with Crippen LogP contribution in [0.3, 0.4) is 0 Å². The van der Waals surface area contributed by atoms with E-state index in [1.807, 2.05) is 0 Å². The molecule has 30 heavy (non-hydrogen) atoms. The zero-order valence-corrected chi connectivity index (χ0v) is 17.7. The van der Waals surface area contributed by atoms with Crippen molar-refractivity contribution in [2.24, 2.45) is 12.5 Å². The van der Waals surface area contributed by atoms with Crippen molar-refractivity contribution in [2.75, 3.05) is 5.06 Å². The largest absolute Gasteiger partial charge is 0.343 e. The Morgan fingerprint density at radius 1 is 0.933 bits per heavy atom. The van der Waals surface area contributed by atoms with Crippen LogP contribution in [0.15, 0.2) is 72.8 Å². The van der Waals surface area contributed by atoms with Crippen molar-refractivity contribution in [3.63, 3.8) is 0 Å². The van der Waals surface area contributed by atoms with E-state index < -0.39 is 0 Å². The molecule has 0 bridgehead atoms. The first-order valence-corrected chi connectivity index (χ1v) is 10.7. The van der Waals surface area contributed by atoms with Crippen LogP contribution in [0.4, 0.5) is 5.69 Å². The third-order valence-electron chi connectivity index (χ3n) is 7.15. The second kappa shape index (κ2) is 6.23. The summed E-state index contributed by atoms with van der Waals surface area (Å²) in [6, 6.07) is 24.2. The smallest absolute Gasteiger partial charge is 0.111 e. The molecule has 2 aliphatic rings. The maximum absolute atomic E-state index is 6.49. The van der Waals surface area contributed by atoms with Gasteiger partial charge >= 0.3 is 0 Å². The third kappa shape index (κ3) is 2.36. The Labute approximate surface area is 177 Å². The maximum Gasteiger partial charge on any atom is 0.111 e. The highest BCUT2D eigenvalue weighted by Gasteiger charge is 2.52. The molecule has 0 saturated carbocycles. The number of rotatable bonds is 2. The fourth-order valence-electron chi connectivity index (χ4n) is 5.38. The van der Waals surface area contributed by atoms with Crippen LogP contribution in [-0.2, 0) is 18.3 Å². The molecule has 1 aromatic heterocycles. The van der Waals surface area contributed by atoms with Crippen molar-refractivity contribution in [3.8, 4) is 0 Å². The molecule has 1 saturated heterocycles. The van der Waals surface area contributed by atoms with Gasteiger partial charge in [-0.25, -0.2) is 5.06 Å². The van der Waals surface area contributed by atoms with Crippen LogP contribution in [0.2, 0.25) is 0 Å². The normalized spacial score (nSPS) is 22.3.